The number of nitrogens with zero attached hydrogens (tertiary/aromatic N) is 2. The van der Waals surface area contributed by atoms with Crippen LogP contribution in [0.5, 0.6) is 0 Å². The smallest absolute Gasteiger partial charge is 0.220 e. The summed E-state index contributed by atoms with van der Waals surface area (Å²) >= 11 is 0. The lowest BCUT2D eigenvalue weighted by Gasteiger charge is -2.16. The van der Waals surface area contributed by atoms with Crippen LogP contribution in [0.15, 0.2) is 12.4 Å². The van der Waals surface area contributed by atoms with Crippen LogP contribution in [-0.4, -0.2) is 28.8 Å². The Morgan fingerprint density at radius 3 is 2.79 bits per heavy atom. The van der Waals surface area contributed by atoms with E-state index < -0.39 is 0 Å². The fourth-order valence-electron chi connectivity index (χ4n) is 2.21. The Labute approximate surface area is 115 Å². The van der Waals surface area contributed by atoms with Crippen molar-refractivity contribution in [3.63, 3.8) is 0 Å². The molecule has 1 aromatic rings. The van der Waals surface area contributed by atoms with Crippen molar-refractivity contribution in [2.75, 3.05) is 13.1 Å². The lowest BCUT2D eigenvalue weighted by atomic mass is 9.94. The molecular formula is C14H26N4O. The zero-order chi connectivity index (χ0) is 14.3. The number of nitrogens with two attached hydrogens (primary N) is 1. The number of hydrogen-bond acceptors (Lipinski definition) is 3. The fourth-order valence-corrected chi connectivity index (χ4v) is 2.21. The highest BCUT2D eigenvalue weighted by atomic mass is 16.1. The third kappa shape index (κ3) is 6.38. The monoisotopic (exact) mass is 266 g/mol. The standard InChI is InChI=1S/C14H26N4O/c1-11(2)6-13(8-15)7-14(19)16-5-4-12-9-17-18(3)10-12/h9-11,13H,4-8,15H2,1-3H3,(H,16,19). The molecule has 0 aliphatic rings. The predicted molar refractivity (Wildman–Crippen MR) is 76.5 cm³/mol. The van der Waals surface area contributed by atoms with E-state index in [-0.39, 0.29) is 5.91 Å². The maximum absolute atomic E-state index is 11.8. The Balaban J connectivity index is 2.23. The SMILES string of the molecule is CC(C)CC(CN)CC(=O)NCCc1cnn(C)c1. The predicted octanol–water partition coefficient (Wildman–Crippen LogP) is 1.09. The second-order valence-corrected chi connectivity index (χ2v) is 5.56. The summed E-state index contributed by atoms with van der Waals surface area (Å²) < 4.78 is 1.77. The number of nitrogens with one attached hydrogen (secondary N) is 1. The highest BCUT2D eigenvalue weighted by molar-refractivity contribution is 5.76. The normalized spacial score (nSPS) is 12.7. The zero-order valence-corrected chi connectivity index (χ0v) is 12.2. The van der Waals surface area contributed by atoms with E-state index in [0.717, 1.165) is 18.4 Å². The van der Waals surface area contributed by atoms with Gasteiger partial charge in [0, 0.05) is 26.2 Å². The van der Waals surface area contributed by atoms with Gasteiger partial charge < -0.3 is 11.1 Å². The summed E-state index contributed by atoms with van der Waals surface area (Å²) in [5.41, 5.74) is 6.84. The zero-order valence-electron chi connectivity index (χ0n) is 12.2. The molecule has 0 aromatic carbocycles. The molecule has 5 nitrogen and oxygen atoms in total. The molecule has 19 heavy (non-hydrogen) atoms. The Kier molecular flexibility index (Phi) is 6.56. The van der Waals surface area contributed by atoms with Crippen molar-refractivity contribution in [2.24, 2.45) is 24.6 Å². The first-order valence-corrected chi connectivity index (χ1v) is 6.95. The van der Waals surface area contributed by atoms with Gasteiger partial charge in [-0.05, 0) is 36.8 Å². The minimum atomic E-state index is 0.0972. The van der Waals surface area contributed by atoms with Crippen LogP contribution in [0.3, 0.4) is 0 Å². The van der Waals surface area contributed by atoms with Crippen LogP contribution in [-0.2, 0) is 18.3 Å². The summed E-state index contributed by atoms with van der Waals surface area (Å²) in [6.45, 7) is 5.55. The van der Waals surface area contributed by atoms with E-state index in [4.69, 9.17) is 5.73 Å². The van der Waals surface area contributed by atoms with Crippen molar-refractivity contribution in [2.45, 2.75) is 33.1 Å². The highest BCUT2D eigenvalue weighted by Gasteiger charge is 2.13. The fraction of sp³-hybridized carbons (Fsp3) is 0.714. The van der Waals surface area contributed by atoms with Gasteiger partial charge in [-0.3, -0.25) is 9.48 Å². The summed E-state index contributed by atoms with van der Waals surface area (Å²) in [5, 5.41) is 7.04. The van der Waals surface area contributed by atoms with Crippen molar-refractivity contribution < 1.29 is 4.79 Å². The number of carbonyl (C=O) groups is 1. The molecule has 108 valence electrons. The van der Waals surface area contributed by atoms with E-state index in [1.165, 1.54) is 0 Å². The minimum Gasteiger partial charge on any atom is -0.356 e. The lowest BCUT2D eigenvalue weighted by molar-refractivity contribution is -0.122. The van der Waals surface area contributed by atoms with Crippen molar-refractivity contribution in [1.82, 2.24) is 15.1 Å². The molecular weight excluding hydrogens is 240 g/mol. The average Bonchev–Trinajstić information content (AvgIpc) is 2.73. The van der Waals surface area contributed by atoms with Crippen LogP contribution in [0.4, 0.5) is 0 Å². The van der Waals surface area contributed by atoms with Gasteiger partial charge in [-0.2, -0.15) is 5.10 Å². The van der Waals surface area contributed by atoms with Crippen LogP contribution in [0, 0.1) is 11.8 Å². The van der Waals surface area contributed by atoms with Gasteiger partial charge in [0.1, 0.15) is 0 Å². The van der Waals surface area contributed by atoms with E-state index >= 15 is 0 Å². The van der Waals surface area contributed by atoms with Gasteiger partial charge in [-0.15, -0.1) is 0 Å². The van der Waals surface area contributed by atoms with Gasteiger partial charge >= 0.3 is 0 Å². The maximum Gasteiger partial charge on any atom is 0.220 e. The van der Waals surface area contributed by atoms with Crippen molar-refractivity contribution >= 4 is 5.91 Å². The molecule has 0 bridgehead atoms. The van der Waals surface area contributed by atoms with Crippen molar-refractivity contribution in [1.29, 1.82) is 0 Å². The number of hydrogen-bond donors (Lipinski definition) is 2. The first-order valence-electron chi connectivity index (χ1n) is 6.95. The molecule has 5 heteroatoms. The molecule has 1 amide bonds. The van der Waals surface area contributed by atoms with E-state index in [1.54, 1.807) is 4.68 Å². The van der Waals surface area contributed by atoms with Crippen LogP contribution in [0.25, 0.3) is 0 Å². The molecule has 0 spiro atoms. The summed E-state index contributed by atoms with van der Waals surface area (Å²) in [6, 6.07) is 0. The Hall–Kier alpha value is -1.36. The van der Waals surface area contributed by atoms with E-state index in [2.05, 4.69) is 24.3 Å². The average molecular weight is 266 g/mol. The van der Waals surface area contributed by atoms with Gasteiger partial charge in [0.25, 0.3) is 0 Å². The third-order valence-corrected chi connectivity index (χ3v) is 3.11. The molecule has 1 heterocycles. The Bertz CT molecular complexity index is 387. The van der Waals surface area contributed by atoms with E-state index in [1.807, 2.05) is 19.4 Å². The molecule has 0 fully saturated rings. The number of carbonyl (C=O) groups excluding carboxylic acids is 1. The van der Waals surface area contributed by atoms with Crippen LogP contribution in [0.1, 0.15) is 32.3 Å². The number of aryl methyl sites for hydroxylation is 1. The topological polar surface area (TPSA) is 72.9 Å². The Morgan fingerprint density at radius 1 is 1.53 bits per heavy atom. The summed E-state index contributed by atoms with van der Waals surface area (Å²) in [7, 11) is 1.89. The highest BCUT2D eigenvalue weighted by Crippen LogP contribution is 2.13. The summed E-state index contributed by atoms with van der Waals surface area (Å²) in [5.74, 6) is 0.968. The number of aromatic nitrogens is 2. The number of rotatable bonds is 8. The van der Waals surface area contributed by atoms with Crippen molar-refractivity contribution in [3.05, 3.63) is 18.0 Å². The van der Waals surface area contributed by atoms with Gasteiger partial charge in [0.2, 0.25) is 5.91 Å². The lowest BCUT2D eigenvalue weighted by Crippen LogP contribution is -2.30. The molecule has 0 saturated heterocycles. The minimum absolute atomic E-state index is 0.0972. The molecule has 0 saturated carbocycles. The van der Waals surface area contributed by atoms with Gasteiger partial charge in [0.15, 0.2) is 0 Å². The van der Waals surface area contributed by atoms with Gasteiger partial charge in [-0.25, -0.2) is 0 Å². The van der Waals surface area contributed by atoms with Gasteiger partial charge in [0.05, 0.1) is 6.20 Å². The van der Waals surface area contributed by atoms with E-state index in [0.29, 0.717) is 31.3 Å². The molecule has 1 atom stereocenters. The van der Waals surface area contributed by atoms with Gasteiger partial charge in [-0.1, -0.05) is 13.8 Å². The molecule has 0 aliphatic carbocycles. The molecule has 1 rings (SSSR count). The molecule has 1 aromatic heterocycles. The molecule has 3 N–H and O–H groups in total. The summed E-state index contributed by atoms with van der Waals surface area (Å²) in [6.07, 6.45) is 6.15. The Morgan fingerprint density at radius 2 is 2.26 bits per heavy atom. The first kappa shape index (κ1) is 15.7. The van der Waals surface area contributed by atoms with E-state index in [9.17, 15) is 4.79 Å². The number of amides is 1. The van der Waals surface area contributed by atoms with Crippen LogP contribution in [0.2, 0.25) is 0 Å². The van der Waals surface area contributed by atoms with Crippen molar-refractivity contribution in [3.8, 4) is 0 Å². The third-order valence-electron chi connectivity index (χ3n) is 3.11. The van der Waals surface area contributed by atoms with Crippen LogP contribution < -0.4 is 11.1 Å². The molecule has 0 radical (unpaired) electrons. The first-order chi connectivity index (χ1) is 9.01. The van der Waals surface area contributed by atoms with Crippen LogP contribution >= 0.6 is 0 Å². The molecule has 0 aliphatic heterocycles. The maximum atomic E-state index is 11.8. The molecule has 1 unspecified atom stereocenters. The quantitative estimate of drug-likeness (QED) is 0.740. The second-order valence-electron chi connectivity index (χ2n) is 5.56. The largest absolute Gasteiger partial charge is 0.356 e. The summed E-state index contributed by atoms with van der Waals surface area (Å²) in [4.78, 5) is 11.8. The second kappa shape index (κ2) is 7.94.